The Balaban J connectivity index is 0.807. The van der Waals surface area contributed by atoms with E-state index in [2.05, 4.69) is 563 Å². The van der Waals surface area contributed by atoms with Crippen LogP contribution in [0.1, 0.15) is 67.3 Å². The lowest BCUT2D eigenvalue weighted by molar-refractivity contribution is 1.29. The molecule has 5 heterocycles. The molecule has 2 N–H and O–H groups in total. The number of anilines is 8. The van der Waals surface area contributed by atoms with Crippen molar-refractivity contribution < 1.29 is 0 Å². The van der Waals surface area contributed by atoms with Crippen LogP contribution in [0.25, 0.3) is 138 Å². The van der Waals surface area contributed by atoms with Gasteiger partial charge >= 0.3 is 0 Å². The normalized spacial score (nSPS) is 12.1. The number of rotatable bonds is 24. The molecule has 2 aliphatic heterocycles. The fourth-order valence-electron chi connectivity index (χ4n) is 17.9. The van der Waals surface area contributed by atoms with Gasteiger partial charge in [-0.2, -0.15) is 0 Å². The zero-order chi connectivity index (χ0) is 88.1. The minimum atomic E-state index is 0.786. The summed E-state index contributed by atoms with van der Waals surface area (Å²) in [4.78, 5) is 29.6. The molecule has 0 spiro atoms. The first-order chi connectivity index (χ1) is 65.5. The number of aromatic nitrogens is 4. The highest BCUT2D eigenvalue weighted by Gasteiger charge is 2.27. The summed E-state index contributed by atoms with van der Waals surface area (Å²) in [6.45, 7) is 0. The number of hydrogen-bond donors (Lipinski definition) is 2. The minimum absolute atomic E-state index is 0.786. The van der Waals surface area contributed by atoms with Crippen molar-refractivity contribution in [3.63, 3.8) is 0 Å². The average Bonchev–Trinajstić information content (AvgIpc) is 1.59. The first-order valence-electron chi connectivity index (χ1n) is 44.7. The zero-order valence-corrected chi connectivity index (χ0v) is 72.5. The molecule has 0 amide bonds. The van der Waals surface area contributed by atoms with E-state index in [4.69, 9.17) is 9.97 Å². The summed E-state index contributed by atoms with van der Waals surface area (Å²) in [7, 11) is 0. The van der Waals surface area contributed by atoms with Gasteiger partial charge in [-0.15, -0.1) is 0 Å². The Bertz CT molecular complexity index is 6550. The Morgan fingerprint density at radius 2 is 0.318 bits per heavy atom. The van der Waals surface area contributed by atoms with Crippen molar-refractivity contribution in [2.24, 2.45) is 0 Å². The van der Waals surface area contributed by atoms with E-state index in [-0.39, 0.29) is 0 Å². The fourth-order valence-corrected chi connectivity index (χ4v) is 17.9. The molecule has 8 nitrogen and oxygen atoms in total. The van der Waals surface area contributed by atoms with Crippen molar-refractivity contribution in [3.05, 3.63) is 553 Å². The van der Waals surface area contributed by atoms with Gasteiger partial charge in [0.2, 0.25) is 0 Å². The van der Waals surface area contributed by atoms with E-state index in [1.54, 1.807) is 0 Å². The van der Waals surface area contributed by atoms with Gasteiger partial charge in [-0.1, -0.05) is 364 Å². The summed E-state index contributed by atoms with van der Waals surface area (Å²) in [5, 5.41) is 0. The van der Waals surface area contributed by atoms with Crippen LogP contribution in [0, 0.1) is 0 Å². The minimum Gasteiger partial charge on any atom is -0.354 e. The summed E-state index contributed by atoms with van der Waals surface area (Å²) in [6, 6.07) is 173. The van der Waals surface area contributed by atoms with Crippen LogP contribution >= 0.6 is 0 Å². The van der Waals surface area contributed by atoms with Gasteiger partial charge < -0.3 is 29.6 Å². The van der Waals surface area contributed by atoms with Crippen molar-refractivity contribution >= 4 is 139 Å². The van der Waals surface area contributed by atoms with Gasteiger partial charge in [-0.3, -0.25) is 0 Å². The molecule has 626 valence electrons. The van der Waals surface area contributed by atoms with Crippen LogP contribution in [0.2, 0.25) is 0 Å². The maximum Gasteiger partial charge on any atom is 0.0737 e. The average molecular weight is 1690 g/mol. The van der Waals surface area contributed by atoms with Crippen molar-refractivity contribution in [2.75, 3.05) is 19.6 Å². The summed E-state index contributed by atoms with van der Waals surface area (Å²) in [5.74, 6) is 0. The summed E-state index contributed by atoms with van der Waals surface area (Å²) in [5.41, 5.74) is 34.9. The molecular weight excluding hydrogens is 1600 g/mol. The second-order valence-electron chi connectivity index (χ2n) is 32.6. The van der Waals surface area contributed by atoms with Gasteiger partial charge in [0.25, 0.3) is 0 Å². The highest BCUT2D eigenvalue weighted by Crippen LogP contribution is 2.46. The van der Waals surface area contributed by atoms with E-state index in [1.165, 1.54) is 0 Å². The Labute approximate surface area is 770 Å². The number of hydrogen-bond acceptors (Lipinski definition) is 6. The van der Waals surface area contributed by atoms with Crippen molar-refractivity contribution in [2.45, 2.75) is 0 Å². The van der Waals surface area contributed by atoms with E-state index in [1.807, 2.05) is 0 Å². The molecule has 2 aliphatic rings. The molecule has 0 saturated carbocycles. The second-order valence-corrected chi connectivity index (χ2v) is 32.6. The Morgan fingerprint density at radius 3 is 0.477 bits per heavy atom. The molecule has 21 rings (SSSR count). The van der Waals surface area contributed by atoms with Crippen LogP contribution in [0.4, 0.5) is 45.5 Å². The third-order valence-electron chi connectivity index (χ3n) is 24.1. The van der Waals surface area contributed by atoms with Gasteiger partial charge in [0.05, 0.1) is 45.6 Å². The molecule has 0 radical (unpaired) electrons. The molecule has 0 atom stereocenters. The monoisotopic (exact) mass is 1690 g/mol. The SMILES string of the molecule is C1=Cc2nc1c(-c1ccc(C(=Cc3ccccc3)N(c3ccccc3)c3ccccc3)cc1)c1ccc([nH]1)c(-c1ccc(C(=Cc3ccccc3)N(c3ccccc3)c3ccccc3)cc1)c1nc(c(-c3ccc(C(=Cc4ccccc4)N(c4ccccc4)c4ccccc4)cc3)c3ccc([nH]3)c2-c2ccc(C(=Cc3ccccc3)N(c3ccccc3)c3ccccc3)cc2)C=C1. The van der Waals surface area contributed by atoms with E-state index in [9.17, 15) is 0 Å². The first kappa shape index (κ1) is 81.3. The first-order valence-corrected chi connectivity index (χ1v) is 44.7. The third kappa shape index (κ3) is 17.4. The second kappa shape index (κ2) is 37.8. The molecule has 0 unspecified atom stereocenters. The third-order valence-corrected chi connectivity index (χ3v) is 24.1. The van der Waals surface area contributed by atoms with Crippen LogP contribution < -0.4 is 19.6 Å². The van der Waals surface area contributed by atoms with E-state index >= 15 is 0 Å². The van der Waals surface area contributed by atoms with E-state index in [0.717, 1.165) is 202 Å². The van der Waals surface area contributed by atoms with Gasteiger partial charge in [-0.05, 0) is 237 Å². The van der Waals surface area contributed by atoms with Crippen molar-refractivity contribution in [1.29, 1.82) is 0 Å². The molecule has 0 fully saturated rings. The van der Waals surface area contributed by atoms with Gasteiger partial charge in [-0.25, -0.2) is 9.97 Å². The summed E-state index contributed by atoms with van der Waals surface area (Å²) in [6.07, 6.45) is 17.9. The van der Waals surface area contributed by atoms with E-state index < -0.39 is 0 Å². The highest BCUT2D eigenvalue weighted by molar-refractivity contribution is 6.05. The molecule has 8 bridgehead atoms. The molecule has 19 aromatic rings. The van der Waals surface area contributed by atoms with Crippen LogP contribution in [0.3, 0.4) is 0 Å². The highest BCUT2D eigenvalue weighted by atomic mass is 15.2. The fraction of sp³-hybridized carbons (Fsp3) is 0. The molecule has 132 heavy (non-hydrogen) atoms. The van der Waals surface area contributed by atoms with Gasteiger partial charge in [0, 0.05) is 89.8 Å². The van der Waals surface area contributed by atoms with Crippen molar-refractivity contribution in [1.82, 2.24) is 19.9 Å². The lowest BCUT2D eigenvalue weighted by atomic mass is 9.99. The van der Waals surface area contributed by atoms with E-state index in [0.29, 0.717) is 0 Å². The molecule has 0 aliphatic carbocycles. The van der Waals surface area contributed by atoms with Gasteiger partial charge in [0.1, 0.15) is 0 Å². The number of fused-ring (bicyclic) bond motifs is 8. The number of H-pyrrole nitrogens is 2. The molecule has 0 saturated heterocycles. The van der Waals surface area contributed by atoms with Gasteiger partial charge in [0.15, 0.2) is 0 Å². The lowest BCUT2D eigenvalue weighted by Crippen LogP contribution is -2.15. The lowest BCUT2D eigenvalue weighted by Gasteiger charge is -2.28. The quantitative estimate of drug-likeness (QED) is 0.0588. The van der Waals surface area contributed by atoms with Crippen LogP contribution in [0.15, 0.2) is 485 Å². The maximum atomic E-state index is 5.96. The molecule has 8 heteroatoms. The topological polar surface area (TPSA) is 70.3 Å². The largest absolute Gasteiger partial charge is 0.354 e. The maximum absolute atomic E-state index is 5.96. The standard InChI is InChI=1S/C124H90N8/c1-13-37-89(38-14-1)85-117(129(101-45-21-5-22-46-101)102-47-23-6-24-48-102)93-61-69-97(70-62-93)121-109-77-79-111(125-109)122(98-71-63-94(64-72-98)118(86-90-39-15-2-16-40-90)130(103-49-25-7-26-50-103)104-51-27-8-28-52-104)113-81-83-115(127-113)124(100-75-67-96(68-76-100)120(88-92-43-19-4-20-44-92)132(107-57-33-11-34-58-107)108-59-35-12-36-60-108)116-84-82-114(128-116)123(112-80-78-110(121)126-112)99-73-65-95(66-74-99)119(87-91-41-17-3-18-42-91)131(105-53-29-9-30-54-105)106-55-31-10-32-56-106/h1-88,125,128H. The van der Waals surface area contributed by atoms with Crippen LogP contribution in [0.5, 0.6) is 0 Å². The smallest absolute Gasteiger partial charge is 0.0737 e. The number of para-hydroxylation sites is 8. The Hall–Kier alpha value is -17.7. The Kier molecular flexibility index (Phi) is 23.3. The number of nitrogens with one attached hydrogen (secondary N) is 2. The summed E-state index contributed by atoms with van der Waals surface area (Å²) < 4.78 is 0. The predicted octanol–water partition coefficient (Wildman–Crippen LogP) is 32.7. The Morgan fingerprint density at radius 1 is 0.167 bits per heavy atom. The van der Waals surface area contributed by atoms with Crippen LogP contribution in [-0.4, -0.2) is 19.9 Å². The number of aromatic amines is 2. The molecule has 3 aromatic heterocycles. The number of nitrogens with zero attached hydrogens (tertiary/aromatic N) is 6. The molecule has 16 aromatic carbocycles. The van der Waals surface area contributed by atoms with Crippen LogP contribution in [-0.2, 0) is 0 Å². The summed E-state index contributed by atoms with van der Waals surface area (Å²) >= 11 is 0. The predicted molar refractivity (Wildman–Crippen MR) is 558 cm³/mol. The molecular formula is C124H90N8. The number of benzene rings is 16. The zero-order valence-electron chi connectivity index (χ0n) is 72.5. The van der Waals surface area contributed by atoms with Crippen molar-refractivity contribution in [3.8, 4) is 44.5 Å².